The van der Waals surface area contributed by atoms with Crippen LogP contribution in [0.2, 0.25) is 0 Å². The number of likely N-dealkylation sites (N-methyl/N-ethyl adjacent to an activating group) is 1. The van der Waals surface area contributed by atoms with Crippen molar-refractivity contribution >= 4 is 23.3 Å². The number of carbonyl (C=O) groups is 2. The average molecular weight is 434 g/mol. The minimum Gasteiger partial charge on any atom is -0.354 e. The predicted molar refractivity (Wildman–Crippen MR) is 120 cm³/mol. The highest BCUT2D eigenvalue weighted by Gasteiger charge is 2.32. The van der Waals surface area contributed by atoms with Gasteiger partial charge in [0.05, 0.1) is 12.0 Å². The molecular weight excluding hydrogens is 398 g/mol. The molecule has 3 aliphatic rings. The summed E-state index contributed by atoms with van der Waals surface area (Å²) in [5.41, 5.74) is 0. The van der Waals surface area contributed by atoms with E-state index in [0.717, 1.165) is 71.5 Å². The Balaban J connectivity index is 1.33. The lowest BCUT2D eigenvalue weighted by atomic mass is 9.97. The van der Waals surface area contributed by atoms with E-state index in [9.17, 15) is 9.59 Å². The predicted octanol–water partition coefficient (Wildman–Crippen LogP) is 2.08. The molecule has 7 nitrogen and oxygen atoms in total. The summed E-state index contributed by atoms with van der Waals surface area (Å²) >= 11 is 1.77. The van der Waals surface area contributed by atoms with Gasteiger partial charge in [-0.05, 0) is 44.2 Å². The second-order valence-electron chi connectivity index (χ2n) is 8.88. The second-order valence-corrected chi connectivity index (χ2v) is 9.86. The Morgan fingerprint density at radius 2 is 1.80 bits per heavy atom. The van der Waals surface area contributed by atoms with Crippen molar-refractivity contribution in [3.63, 3.8) is 0 Å². The molecule has 3 fully saturated rings. The molecule has 2 unspecified atom stereocenters. The van der Waals surface area contributed by atoms with Gasteiger partial charge in [0, 0.05) is 63.8 Å². The summed E-state index contributed by atoms with van der Waals surface area (Å²) in [6.45, 7) is 7.86. The first kappa shape index (κ1) is 21.6. The van der Waals surface area contributed by atoms with E-state index in [0.29, 0.717) is 13.1 Å². The van der Waals surface area contributed by atoms with Gasteiger partial charge >= 0.3 is 6.03 Å². The van der Waals surface area contributed by atoms with Gasteiger partial charge in [0.2, 0.25) is 5.91 Å². The Morgan fingerprint density at radius 3 is 2.50 bits per heavy atom. The molecule has 3 aliphatic heterocycles. The molecule has 3 amide bonds. The maximum atomic E-state index is 13.0. The Kier molecular flexibility index (Phi) is 7.28. The van der Waals surface area contributed by atoms with E-state index in [1.54, 1.807) is 11.3 Å². The van der Waals surface area contributed by atoms with Crippen LogP contribution in [0.25, 0.3) is 0 Å². The van der Waals surface area contributed by atoms with E-state index < -0.39 is 0 Å². The number of hydrogen-bond donors (Lipinski definition) is 1. The molecule has 8 heteroatoms. The topological polar surface area (TPSA) is 59.1 Å². The molecule has 30 heavy (non-hydrogen) atoms. The molecule has 0 radical (unpaired) electrons. The number of nitrogens with one attached hydrogen (secondary N) is 1. The first-order valence-electron chi connectivity index (χ1n) is 11.4. The summed E-state index contributed by atoms with van der Waals surface area (Å²) in [4.78, 5) is 35.8. The second kappa shape index (κ2) is 10.1. The smallest absolute Gasteiger partial charge is 0.320 e. The monoisotopic (exact) mass is 433 g/mol. The van der Waals surface area contributed by atoms with Gasteiger partial charge in [-0.2, -0.15) is 0 Å². The van der Waals surface area contributed by atoms with Gasteiger partial charge < -0.3 is 20.0 Å². The van der Waals surface area contributed by atoms with Crippen molar-refractivity contribution in [3.05, 3.63) is 22.4 Å². The summed E-state index contributed by atoms with van der Waals surface area (Å²) in [5.74, 6) is 0.00591. The maximum absolute atomic E-state index is 13.0. The standard InChI is InChI=1S/C22H35N5O2S/c1-24-11-13-25(14-12-24)19(20-7-5-15-30-20)16-23-21(28)18-6-4-10-27(17-18)22(29)26-8-2-3-9-26/h5,7,15,18-19H,2-4,6,8-14,16-17H2,1H3,(H,23,28). The zero-order valence-electron chi connectivity index (χ0n) is 18.1. The fourth-order valence-electron chi connectivity index (χ4n) is 4.84. The van der Waals surface area contributed by atoms with Crippen LogP contribution in [-0.4, -0.2) is 97.5 Å². The number of urea groups is 1. The van der Waals surface area contributed by atoms with Crippen LogP contribution in [0, 0.1) is 5.92 Å². The highest BCUT2D eigenvalue weighted by Crippen LogP contribution is 2.26. The number of nitrogens with zero attached hydrogens (tertiary/aromatic N) is 4. The summed E-state index contributed by atoms with van der Waals surface area (Å²) in [6.07, 6.45) is 3.97. The van der Waals surface area contributed by atoms with Crippen LogP contribution < -0.4 is 5.32 Å². The third kappa shape index (κ3) is 5.15. The van der Waals surface area contributed by atoms with Crippen LogP contribution in [0.4, 0.5) is 4.79 Å². The lowest BCUT2D eigenvalue weighted by Crippen LogP contribution is -2.51. The molecule has 0 bridgehead atoms. The molecule has 1 aromatic heterocycles. The molecular formula is C22H35N5O2S. The van der Waals surface area contributed by atoms with Crippen LogP contribution in [0.3, 0.4) is 0 Å². The van der Waals surface area contributed by atoms with Gasteiger partial charge in [-0.1, -0.05) is 6.07 Å². The number of carbonyl (C=O) groups excluding carboxylic acids is 2. The van der Waals surface area contributed by atoms with Gasteiger partial charge in [0.25, 0.3) is 0 Å². The Bertz CT molecular complexity index is 698. The van der Waals surface area contributed by atoms with Crippen LogP contribution in [0.1, 0.15) is 36.6 Å². The quantitative estimate of drug-likeness (QED) is 0.773. The minimum atomic E-state index is -0.0956. The average Bonchev–Trinajstić information content (AvgIpc) is 3.49. The Hall–Kier alpha value is -1.64. The largest absolute Gasteiger partial charge is 0.354 e. The number of piperazine rings is 1. The zero-order valence-corrected chi connectivity index (χ0v) is 18.9. The van der Waals surface area contributed by atoms with E-state index in [-0.39, 0.29) is 23.9 Å². The molecule has 1 N–H and O–H groups in total. The van der Waals surface area contributed by atoms with Crippen molar-refractivity contribution in [1.29, 1.82) is 0 Å². The third-order valence-corrected chi connectivity index (χ3v) is 7.73. The van der Waals surface area contributed by atoms with E-state index in [4.69, 9.17) is 0 Å². The summed E-state index contributed by atoms with van der Waals surface area (Å²) in [6, 6.07) is 4.62. The van der Waals surface area contributed by atoms with E-state index in [2.05, 4.69) is 39.7 Å². The van der Waals surface area contributed by atoms with Crippen molar-refractivity contribution in [3.8, 4) is 0 Å². The third-order valence-electron chi connectivity index (χ3n) is 6.76. The Labute approximate surface area is 184 Å². The van der Waals surface area contributed by atoms with Crippen LogP contribution in [-0.2, 0) is 4.79 Å². The van der Waals surface area contributed by atoms with Crippen molar-refractivity contribution in [2.45, 2.75) is 31.7 Å². The number of amides is 3. The Morgan fingerprint density at radius 1 is 1.07 bits per heavy atom. The molecule has 4 heterocycles. The molecule has 0 aromatic carbocycles. The molecule has 2 atom stereocenters. The molecule has 0 saturated carbocycles. The van der Waals surface area contributed by atoms with E-state index >= 15 is 0 Å². The number of hydrogen-bond acceptors (Lipinski definition) is 5. The maximum Gasteiger partial charge on any atom is 0.320 e. The van der Waals surface area contributed by atoms with Crippen LogP contribution in [0.15, 0.2) is 17.5 Å². The van der Waals surface area contributed by atoms with Gasteiger partial charge in [-0.15, -0.1) is 11.3 Å². The van der Waals surface area contributed by atoms with Crippen molar-refractivity contribution in [2.75, 3.05) is 66.0 Å². The summed E-state index contributed by atoms with van der Waals surface area (Å²) < 4.78 is 0. The lowest BCUT2D eigenvalue weighted by molar-refractivity contribution is -0.126. The first-order valence-corrected chi connectivity index (χ1v) is 12.3. The summed E-state index contributed by atoms with van der Waals surface area (Å²) in [7, 11) is 2.16. The lowest BCUT2D eigenvalue weighted by Gasteiger charge is -2.38. The number of thiophene rings is 1. The number of likely N-dealkylation sites (tertiary alicyclic amines) is 2. The number of rotatable bonds is 5. The van der Waals surface area contributed by atoms with E-state index in [1.165, 1.54) is 4.88 Å². The van der Waals surface area contributed by atoms with Crippen molar-refractivity contribution in [1.82, 2.24) is 24.9 Å². The molecule has 3 saturated heterocycles. The van der Waals surface area contributed by atoms with Gasteiger partial charge in [0.15, 0.2) is 0 Å². The SMILES string of the molecule is CN1CCN(C(CNC(=O)C2CCCN(C(=O)N3CCCC3)C2)c2cccs2)CC1. The molecule has 1 aromatic rings. The molecule has 0 spiro atoms. The van der Waals surface area contributed by atoms with Gasteiger partial charge in [-0.3, -0.25) is 9.69 Å². The van der Waals surface area contributed by atoms with Crippen LogP contribution >= 0.6 is 11.3 Å². The minimum absolute atomic E-state index is 0.0956. The zero-order chi connectivity index (χ0) is 20.9. The first-order chi connectivity index (χ1) is 14.6. The summed E-state index contributed by atoms with van der Waals surface area (Å²) in [5, 5.41) is 5.35. The number of piperidine rings is 1. The van der Waals surface area contributed by atoms with Crippen LogP contribution in [0.5, 0.6) is 0 Å². The van der Waals surface area contributed by atoms with E-state index in [1.807, 2.05) is 9.80 Å². The molecule has 0 aliphatic carbocycles. The van der Waals surface area contributed by atoms with Crippen molar-refractivity contribution in [2.24, 2.45) is 5.92 Å². The van der Waals surface area contributed by atoms with Gasteiger partial charge in [0.1, 0.15) is 0 Å². The molecule has 166 valence electrons. The van der Waals surface area contributed by atoms with Crippen molar-refractivity contribution < 1.29 is 9.59 Å². The highest BCUT2D eigenvalue weighted by atomic mass is 32.1. The highest BCUT2D eigenvalue weighted by molar-refractivity contribution is 7.10. The normalized spacial score (nSPS) is 24.8. The fourth-order valence-corrected chi connectivity index (χ4v) is 5.70. The van der Waals surface area contributed by atoms with Gasteiger partial charge in [-0.25, -0.2) is 4.79 Å². The fraction of sp³-hybridized carbons (Fsp3) is 0.727. The molecule has 4 rings (SSSR count).